The van der Waals surface area contributed by atoms with Gasteiger partial charge in [-0.15, -0.1) is 13.2 Å². The van der Waals surface area contributed by atoms with Crippen LogP contribution in [0.2, 0.25) is 0 Å². The Labute approximate surface area is 318 Å². The van der Waals surface area contributed by atoms with Crippen LogP contribution in [0.15, 0.2) is 25.3 Å². The zero-order valence-corrected chi connectivity index (χ0v) is 34.6. The van der Waals surface area contributed by atoms with Crippen LogP contribution < -0.4 is 0 Å². The van der Waals surface area contributed by atoms with E-state index in [-0.39, 0.29) is 11.2 Å². The van der Waals surface area contributed by atoms with Gasteiger partial charge in [-0.3, -0.25) is 0 Å². The summed E-state index contributed by atoms with van der Waals surface area (Å²) in [6.45, 7) is 21.9. The summed E-state index contributed by atoms with van der Waals surface area (Å²) in [6.07, 6.45) is 39.6. The molecular formula is C48H86O3. The molecule has 0 aromatic rings. The lowest BCUT2D eigenvalue weighted by Gasteiger charge is -2.48. The van der Waals surface area contributed by atoms with Crippen molar-refractivity contribution in [2.45, 2.75) is 206 Å². The molecule has 0 aromatic heterocycles. The molecule has 3 nitrogen and oxygen atoms in total. The van der Waals surface area contributed by atoms with Crippen molar-refractivity contribution in [3.8, 4) is 0 Å². The van der Waals surface area contributed by atoms with Crippen LogP contribution in [-0.2, 0) is 14.2 Å². The highest BCUT2D eigenvalue weighted by atomic mass is 16.5. The Morgan fingerprint density at radius 2 is 0.745 bits per heavy atom. The van der Waals surface area contributed by atoms with Crippen LogP contribution in [0.25, 0.3) is 0 Å². The summed E-state index contributed by atoms with van der Waals surface area (Å²) in [6, 6.07) is 0. The van der Waals surface area contributed by atoms with Crippen molar-refractivity contribution in [1.29, 1.82) is 0 Å². The highest BCUT2D eigenvalue weighted by molar-refractivity contribution is 5.08. The minimum Gasteiger partial charge on any atom is -0.381 e. The molecular weight excluding hydrogens is 625 g/mol. The van der Waals surface area contributed by atoms with Gasteiger partial charge in [0, 0.05) is 26.4 Å². The number of ether oxygens (including phenoxy) is 3. The molecule has 4 aliphatic rings. The van der Waals surface area contributed by atoms with E-state index in [4.69, 9.17) is 14.2 Å². The fourth-order valence-corrected chi connectivity index (χ4v) is 10.8. The van der Waals surface area contributed by atoms with Gasteiger partial charge in [0.15, 0.2) is 0 Å². The molecule has 0 aromatic carbocycles. The van der Waals surface area contributed by atoms with Crippen molar-refractivity contribution < 1.29 is 14.2 Å². The van der Waals surface area contributed by atoms with Gasteiger partial charge in [-0.25, -0.2) is 0 Å². The number of hydrogen-bond acceptors (Lipinski definition) is 3. The van der Waals surface area contributed by atoms with Gasteiger partial charge in [0.05, 0.1) is 11.2 Å². The van der Waals surface area contributed by atoms with E-state index in [2.05, 4.69) is 53.0 Å². The van der Waals surface area contributed by atoms with Crippen LogP contribution in [0.1, 0.15) is 195 Å². The van der Waals surface area contributed by atoms with Gasteiger partial charge in [0.1, 0.15) is 0 Å². The molecule has 4 rings (SSSR count). The molecule has 0 N–H and O–H groups in total. The van der Waals surface area contributed by atoms with Crippen molar-refractivity contribution in [2.24, 2.45) is 47.3 Å². The maximum atomic E-state index is 7.24. The van der Waals surface area contributed by atoms with Gasteiger partial charge in [-0.1, -0.05) is 129 Å². The van der Waals surface area contributed by atoms with Gasteiger partial charge in [-0.05, 0) is 125 Å². The Morgan fingerprint density at radius 3 is 1.04 bits per heavy atom. The number of unbranched alkanes of at least 4 members (excludes halogenated alkanes) is 4. The monoisotopic (exact) mass is 711 g/mol. The molecule has 51 heavy (non-hydrogen) atoms. The zero-order chi connectivity index (χ0) is 36.4. The molecule has 0 saturated heterocycles. The fourth-order valence-electron chi connectivity index (χ4n) is 10.8. The van der Waals surface area contributed by atoms with Gasteiger partial charge < -0.3 is 14.2 Å². The molecule has 0 bridgehead atoms. The summed E-state index contributed by atoms with van der Waals surface area (Å²) in [5.74, 6) is 6.48. The van der Waals surface area contributed by atoms with Crippen LogP contribution in [0.5, 0.6) is 0 Å². The Bertz CT molecular complexity index is 841. The molecule has 4 aliphatic carbocycles. The second-order valence-electron chi connectivity index (χ2n) is 18.8. The smallest absolute Gasteiger partial charge is 0.0871 e. The summed E-state index contributed by atoms with van der Waals surface area (Å²) in [4.78, 5) is 0. The molecule has 4 fully saturated rings. The highest BCUT2D eigenvalue weighted by Gasteiger charge is 2.44. The quantitative estimate of drug-likeness (QED) is 0.0737. The maximum Gasteiger partial charge on any atom is 0.0871 e. The molecule has 296 valence electrons. The molecule has 3 heteroatoms. The summed E-state index contributed by atoms with van der Waals surface area (Å²) >= 11 is 0. The zero-order valence-electron chi connectivity index (χ0n) is 34.6. The predicted molar refractivity (Wildman–Crippen MR) is 219 cm³/mol. The van der Waals surface area contributed by atoms with E-state index >= 15 is 0 Å². The first-order valence-corrected chi connectivity index (χ1v) is 22.9. The number of rotatable bonds is 24. The number of hydrogen-bond donors (Lipinski definition) is 0. The van der Waals surface area contributed by atoms with Crippen LogP contribution in [0, 0.1) is 47.3 Å². The largest absolute Gasteiger partial charge is 0.381 e. The standard InChI is InChI=1S/C48H86O3/c1-7-11-13-35-49-37-43-23-19-39(20-24-43)15-17-41-27-31-45(32-28-41)47(5,9-3)51-48(6,10-4)46-33-29-42(30-34-46)18-16-40-21-25-44(26-22-40)38-50-36-14-12-8-2/h9-10,39-46H,3-4,7-8,11-38H2,1-2,5-6H3. The SMILES string of the molecule is C=CC(C)(OC(C)(C=C)C1CCC(CCC2CCC(COCCCCC)CC2)CC1)C1CCC(CCC2CCC(COCCCCC)CC2)CC1. The van der Waals surface area contributed by atoms with Crippen LogP contribution in [0.4, 0.5) is 0 Å². The molecule has 0 radical (unpaired) electrons. The van der Waals surface area contributed by atoms with Gasteiger partial charge in [-0.2, -0.15) is 0 Å². The lowest BCUT2D eigenvalue weighted by atomic mass is 9.70. The molecule has 2 unspecified atom stereocenters. The van der Waals surface area contributed by atoms with Crippen molar-refractivity contribution in [3.05, 3.63) is 25.3 Å². The van der Waals surface area contributed by atoms with E-state index in [9.17, 15) is 0 Å². The van der Waals surface area contributed by atoms with Crippen LogP contribution in [0.3, 0.4) is 0 Å². The third-order valence-corrected chi connectivity index (χ3v) is 15.0. The Morgan fingerprint density at radius 1 is 0.451 bits per heavy atom. The van der Waals surface area contributed by atoms with Gasteiger partial charge in [0.25, 0.3) is 0 Å². The second-order valence-corrected chi connectivity index (χ2v) is 18.8. The molecule has 0 heterocycles. The second kappa shape index (κ2) is 23.3. The third-order valence-electron chi connectivity index (χ3n) is 15.0. The molecule has 0 spiro atoms. The summed E-state index contributed by atoms with van der Waals surface area (Å²) in [5.41, 5.74) is -0.553. The Balaban J connectivity index is 1.10. The molecule has 4 saturated carbocycles. The van der Waals surface area contributed by atoms with E-state index in [1.165, 1.54) is 167 Å². The molecule has 0 aliphatic heterocycles. The maximum absolute atomic E-state index is 7.24. The summed E-state index contributed by atoms with van der Waals surface area (Å²) in [7, 11) is 0. The first kappa shape index (κ1) is 43.1. The predicted octanol–water partition coefficient (Wildman–Crippen LogP) is 14.1. The normalized spacial score (nSPS) is 32.9. The van der Waals surface area contributed by atoms with E-state index in [1.807, 2.05) is 0 Å². The summed E-state index contributed by atoms with van der Waals surface area (Å²) in [5, 5.41) is 0. The third kappa shape index (κ3) is 14.5. The Hall–Kier alpha value is -0.640. The average Bonchev–Trinajstić information content (AvgIpc) is 3.17. The first-order valence-electron chi connectivity index (χ1n) is 22.9. The van der Waals surface area contributed by atoms with Crippen molar-refractivity contribution in [3.63, 3.8) is 0 Å². The molecule has 2 atom stereocenters. The lowest BCUT2D eigenvalue weighted by Crippen LogP contribution is -2.49. The molecule has 0 amide bonds. The van der Waals surface area contributed by atoms with Crippen molar-refractivity contribution in [1.82, 2.24) is 0 Å². The van der Waals surface area contributed by atoms with E-state index < -0.39 is 0 Å². The van der Waals surface area contributed by atoms with Gasteiger partial charge in [0.2, 0.25) is 0 Å². The van der Waals surface area contributed by atoms with Crippen LogP contribution in [-0.4, -0.2) is 37.6 Å². The van der Waals surface area contributed by atoms with E-state index in [1.54, 1.807) is 0 Å². The lowest BCUT2D eigenvalue weighted by molar-refractivity contribution is -0.154. The topological polar surface area (TPSA) is 27.7 Å². The van der Waals surface area contributed by atoms with Crippen LogP contribution >= 0.6 is 0 Å². The van der Waals surface area contributed by atoms with Gasteiger partial charge >= 0.3 is 0 Å². The van der Waals surface area contributed by atoms with Crippen molar-refractivity contribution >= 4 is 0 Å². The minimum atomic E-state index is -0.277. The summed E-state index contributed by atoms with van der Waals surface area (Å²) < 4.78 is 19.3. The minimum absolute atomic E-state index is 0.277. The fraction of sp³-hybridized carbons (Fsp3) is 0.917. The van der Waals surface area contributed by atoms with E-state index in [0.29, 0.717) is 11.8 Å². The van der Waals surface area contributed by atoms with Crippen molar-refractivity contribution in [2.75, 3.05) is 26.4 Å². The Kier molecular flexibility index (Phi) is 19.7. The highest BCUT2D eigenvalue weighted by Crippen LogP contribution is 2.47. The van der Waals surface area contributed by atoms with E-state index in [0.717, 1.165) is 61.9 Å². The average molecular weight is 711 g/mol. The first-order chi connectivity index (χ1) is 24.8.